The fourth-order valence-corrected chi connectivity index (χ4v) is 5.79. The molecule has 2 N–H and O–H groups in total. The van der Waals surface area contributed by atoms with E-state index in [1.165, 1.54) is 6.08 Å². The second-order valence-electron chi connectivity index (χ2n) is 13.4. The first-order chi connectivity index (χ1) is 20.3. The van der Waals surface area contributed by atoms with Gasteiger partial charge in [-0.1, -0.05) is 55.0 Å². The average molecular weight is 603 g/mol. The molecule has 4 rings (SSSR count). The number of cyclic esters (lactones) is 1. The highest BCUT2D eigenvalue weighted by atomic mass is 17.2. The largest absolute Gasteiger partial charge is 0.456 e. The number of aliphatic hydroxyl groups excluding tert-OH is 2. The smallest absolute Gasteiger partial charge is 0.330 e. The van der Waals surface area contributed by atoms with Crippen LogP contribution in [-0.2, 0) is 33.5 Å². The minimum absolute atomic E-state index is 0.102. The summed E-state index contributed by atoms with van der Waals surface area (Å²) in [6.45, 7) is 14.0. The summed E-state index contributed by atoms with van der Waals surface area (Å²) >= 11 is 0. The standard InChI is InChI=1S/C34H50O9/c1-21-15-22(2)18-28(36)33-30(41-33)20-29(40-31(37)12-8-10-24-9-7-11-25(16-21)38-24)27(35)14-13-26-17-23(3)19-32(39-26)42-43-34(4,5)6/h7-9,12-14,19,21,24-30,32-33,35-36H,2,10-11,15-18,20H2,1,3-6H3/t21-,24-,25-,26+,27-,28-,29-,30-,32?,33-/m0/s1. The molecule has 2 bridgehead atoms. The highest BCUT2D eigenvalue weighted by Crippen LogP contribution is 2.35. The van der Waals surface area contributed by atoms with E-state index in [2.05, 4.69) is 19.6 Å². The summed E-state index contributed by atoms with van der Waals surface area (Å²) in [5.41, 5.74) is 1.54. The summed E-state index contributed by atoms with van der Waals surface area (Å²) in [6, 6.07) is 0. The summed E-state index contributed by atoms with van der Waals surface area (Å²) in [5, 5.41) is 22.0. The summed E-state index contributed by atoms with van der Waals surface area (Å²) in [6.07, 6.45) is 12.3. The molecule has 9 heteroatoms. The number of epoxide rings is 1. The zero-order valence-electron chi connectivity index (χ0n) is 26.2. The SMILES string of the molecule is C=C1C[C@H](C)C[C@@H]2CC=C[C@@H](CC=CC(=O)O[C@H]([C@@H](O)C=C[C@@H]3CC(C)=CC(OOC(C)(C)C)O3)C[C@@H]3O[C@H]3[C@@H](O)C1)O2. The van der Waals surface area contributed by atoms with Crippen molar-refractivity contribution in [3.05, 3.63) is 60.3 Å². The highest BCUT2D eigenvalue weighted by Gasteiger charge is 2.46. The van der Waals surface area contributed by atoms with Crippen molar-refractivity contribution < 1.29 is 43.7 Å². The van der Waals surface area contributed by atoms with E-state index in [4.69, 9.17) is 28.7 Å². The Morgan fingerprint density at radius 2 is 1.88 bits per heavy atom. The van der Waals surface area contributed by atoms with Crippen LogP contribution in [0.25, 0.3) is 0 Å². The monoisotopic (exact) mass is 602 g/mol. The maximum absolute atomic E-state index is 12.8. The lowest BCUT2D eigenvalue weighted by molar-refractivity contribution is -0.408. The van der Waals surface area contributed by atoms with Crippen molar-refractivity contribution in [3.8, 4) is 0 Å². The third kappa shape index (κ3) is 11.4. The van der Waals surface area contributed by atoms with Gasteiger partial charge in [-0.25, -0.2) is 9.68 Å². The van der Waals surface area contributed by atoms with Gasteiger partial charge in [-0.2, -0.15) is 4.89 Å². The van der Waals surface area contributed by atoms with Gasteiger partial charge >= 0.3 is 5.97 Å². The minimum Gasteiger partial charge on any atom is -0.456 e. The molecule has 0 aromatic carbocycles. The molecule has 1 saturated heterocycles. The average Bonchev–Trinajstić information content (AvgIpc) is 3.68. The first-order valence-corrected chi connectivity index (χ1v) is 15.6. The molecule has 0 aliphatic carbocycles. The molecule has 0 amide bonds. The fourth-order valence-electron chi connectivity index (χ4n) is 5.79. The molecule has 10 atom stereocenters. The number of fused-ring (bicyclic) bond motifs is 3. The lowest BCUT2D eigenvalue weighted by atomic mass is 9.91. The van der Waals surface area contributed by atoms with Gasteiger partial charge in [-0.15, -0.1) is 0 Å². The van der Waals surface area contributed by atoms with Crippen LogP contribution in [0.4, 0.5) is 0 Å². The maximum Gasteiger partial charge on any atom is 0.330 e. The van der Waals surface area contributed by atoms with Gasteiger partial charge in [0.1, 0.15) is 18.3 Å². The first-order valence-electron chi connectivity index (χ1n) is 15.6. The van der Waals surface area contributed by atoms with Gasteiger partial charge < -0.3 is 29.2 Å². The lowest BCUT2D eigenvalue weighted by Crippen LogP contribution is -2.33. The summed E-state index contributed by atoms with van der Waals surface area (Å²) in [5.74, 6) is -0.195. The fraction of sp³-hybridized carbons (Fsp3) is 0.676. The molecule has 43 heavy (non-hydrogen) atoms. The predicted molar refractivity (Wildman–Crippen MR) is 162 cm³/mol. The van der Waals surface area contributed by atoms with Crippen LogP contribution < -0.4 is 0 Å². The number of hydrogen-bond donors (Lipinski definition) is 2. The van der Waals surface area contributed by atoms with Crippen LogP contribution in [0.1, 0.15) is 79.6 Å². The van der Waals surface area contributed by atoms with Crippen molar-refractivity contribution in [1.29, 1.82) is 0 Å². The van der Waals surface area contributed by atoms with Crippen LogP contribution in [-0.4, -0.2) is 76.9 Å². The Hall–Kier alpha value is -2.11. The van der Waals surface area contributed by atoms with Crippen molar-refractivity contribution in [3.63, 3.8) is 0 Å². The molecule has 0 saturated carbocycles. The Balaban J connectivity index is 1.42. The number of hydrogen-bond acceptors (Lipinski definition) is 9. The Morgan fingerprint density at radius 1 is 1.09 bits per heavy atom. The third-order valence-electron chi connectivity index (χ3n) is 7.82. The second kappa shape index (κ2) is 15.3. The quantitative estimate of drug-likeness (QED) is 0.144. The van der Waals surface area contributed by atoms with Crippen molar-refractivity contribution in [2.75, 3.05) is 0 Å². The van der Waals surface area contributed by atoms with Gasteiger partial charge in [0.25, 0.3) is 0 Å². The molecule has 0 aromatic rings. The van der Waals surface area contributed by atoms with E-state index in [1.807, 2.05) is 39.8 Å². The van der Waals surface area contributed by atoms with Gasteiger partial charge in [-0.05, 0) is 78.2 Å². The molecule has 4 heterocycles. The molecule has 0 spiro atoms. The van der Waals surface area contributed by atoms with Gasteiger partial charge in [0.15, 0.2) is 0 Å². The highest BCUT2D eigenvalue weighted by molar-refractivity contribution is 5.82. The zero-order valence-corrected chi connectivity index (χ0v) is 26.2. The zero-order chi connectivity index (χ0) is 31.1. The van der Waals surface area contributed by atoms with Gasteiger partial charge in [0, 0.05) is 12.5 Å². The predicted octanol–water partition coefficient (Wildman–Crippen LogP) is 5.18. The van der Waals surface area contributed by atoms with Crippen molar-refractivity contribution in [1.82, 2.24) is 0 Å². The van der Waals surface area contributed by atoms with E-state index in [0.29, 0.717) is 25.2 Å². The van der Waals surface area contributed by atoms with Gasteiger partial charge in [-0.3, -0.25) is 0 Å². The number of esters is 1. The van der Waals surface area contributed by atoms with Crippen molar-refractivity contribution in [2.24, 2.45) is 5.92 Å². The number of rotatable bonds is 5. The Bertz CT molecular complexity index is 1070. The minimum atomic E-state index is -1.12. The molecule has 4 aliphatic heterocycles. The van der Waals surface area contributed by atoms with Crippen LogP contribution in [0.2, 0.25) is 0 Å². The van der Waals surface area contributed by atoms with Crippen LogP contribution in [0.3, 0.4) is 0 Å². The Kier molecular flexibility index (Phi) is 12.0. The summed E-state index contributed by atoms with van der Waals surface area (Å²) in [4.78, 5) is 23.7. The van der Waals surface area contributed by atoms with Gasteiger partial charge in [0.2, 0.25) is 6.29 Å². The van der Waals surface area contributed by atoms with E-state index in [-0.39, 0.29) is 30.8 Å². The first kappa shape index (κ1) is 33.8. The van der Waals surface area contributed by atoms with Gasteiger partial charge in [0.05, 0.1) is 36.1 Å². The molecular weight excluding hydrogens is 552 g/mol. The van der Waals surface area contributed by atoms with Crippen LogP contribution >= 0.6 is 0 Å². The molecule has 240 valence electrons. The Labute approximate surface area is 256 Å². The van der Waals surface area contributed by atoms with E-state index in [1.54, 1.807) is 18.2 Å². The maximum atomic E-state index is 12.8. The van der Waals surface area contributed by atoms with Crippen molar-refractivity contribution in [2.45, 2.75) is 140 Å². The van der Waals surface area contributed by atoms with Crippen molar-refractivity contribution >= 4 is 5.97 Å². The molecular formula is C34H50O9. The number of ether oxygens (including phenoxy) is 4. The van der Waals surface area contributed by atoms with E-state index >= 15 is 0 Å². The normalized spacial score (nSPS) is 37.2. The van der Waals surface area contributed by atoms with Crippen LogP contribution in [0.15, 0.2) is 60.3 Å². The topological polar surface area (TPSA) is 116 Å². The summed E-state index contributed by atoms with van der Waals surface area (Å²) in [7, 11) is 0. The molecule has 0 radical (unpaired) electrons. The lowest BCUT2D eigenvalue weighted by Gasteiger charge is -2.28. The molecule has 4 aliphatic rings. The van der Waals surface area contributed by atoms with E-state index < -0.39 is 42.3 Å². The number of aliphatic hydroxyl groups is 2. The second-order valence-corrected chi connectivity index (χ2v) is 13.4. The van der Waals surface area contributed by atoms with E-state index in [0.717, 1.165) is 30.4 Å². The molecule has 1 unspecified atom stereocenters. The van der Waals surface area contributed by atoms with Crippen LogP contribution in [0, 0.1) is 5.92 Å². The molecule has 0 aromatic heterocycles. The molecule has 9 nitrogen and oxygen atoms in total. The summed E-state index contributed by atoms with van der Waals surface area (Å²) < 4.78 is 23.7. The van der Waals surface area contributed by atoms with Crippen LogP contribution in [0.5, 0.6) is 0 Å². The number of carbonyl (C=O) groups excluding carboxylic acids is 1. The molecule has 1 fully saturated rings. The Morgan fingerprint density at radius 3 is 2.65 bits per heavy atom. The van der Waals surface area contributed by atoms with E-state index in [9.17, 15) is 15.0 Å². The number of carbonyl (C=O) groups is 1. The third-order valence-corrected chi connectivity index (χ3v) is 7.82.